The van der Waals surface area contributed by atoms with Crippen LogP contribution in [0.15, 0.2) is 52.1 Å². The maximum Gasteiger partial charge on any atom is 0.411 e. The van der Waals surface area contributed by atoms with E-state index in [9.17, 15) is 4.79 Å². The summed E-state index contributed by atoms with van der Waals surface area (Å²) in [6.07, 6.45) is 2.09. The zero-order chi connectivity index (χ0) is 21.2. The van der Waals surface area contributed by atoms with E-state index < -0.39 is 5.60 Å². The fourth-order valence-electron chi connectivity index (χ4n) is 3.56. The van der Waals surface area contributed by atoms with Crippen LogP contribution in [0.5, 0.6) is 0 Å². The first kappa shape index (κ1) is 21.4. The summed E-state index contributed by atoms with van der Waals surface area (Å²) in [4.78, 5) is 18.5. The van der Waals surface area contributed by atoms with E-state index in [1.165, 1.54) is 0 Å². The number of likely N-dealkylation sites (tertiary alicyclic amines) is 1. The van der Waals surface area contributed by atoms with Crippen LogP contribution in [-0.2, 0) is 4.74 Å². The first-order chi connectivity index (χ1) is 13.7. The molecule has 3 rings (SSSR count). The van der Waals surface area contributed by atoms with Crippen molar-refractivity contribution in [2.75, 3.05) is 6.54 Å². The standard InChI is InChI=1S/C23H28BrN3O2/c1-15-10-21(27(14-15)22(28)29-23(2,3)4)26-20(13-25-5)18-7-6-17-12-19(24)9-8-16(17)11-18/h6-9,11-13,15,21,26H,5,10,14H2,1-4H3/b20-13-/t15-,21?/m0/s1. The fourth-order valence-corrected chi connectivity index (χ4v) is 3.93. The van der Waals surface area contributed by atoms with Crippen molar-refractivity contribution in [3.63, 3.8) is 0 Å². The SMILES string of the molecule is C=N/C=C(\NC1C[C@H](C)CN1C(=O)OC(C)(C)C)c1ccc2cc(Br)ccc2c1. The predicted molar refractivity (Wildman–Crippen MR) is 123 cm³/mol. The van der Waals surface area contributed by atoms with Crippen LogP contribution in [0.2, 0.25) is 0 Å². The van der Waals surface area contributed by atoms with Gasteiger partial charge in [-0.25, -0.2) is 4.79 Å². The molecule has 0 saturated carbocycles. The van der Waals surface area contributed by atoms with Gasteiger partial charge in [-0.3, -0.25) is 9.89 Å². The molecule has 6 heteroatoms. The summed E-state index contributed by atoms with van der Waals surface area (Å²) in [5.74, 6) is 0.381. The molecule has 1 aliphatic rings. The second-order valence-electron chi connectivity index (χ2n) is 8.57. The zero-order valence-electron chi connectivity index (χ0n) is 17.4. The number of carbonyl (C=O) groups is 1. The molecule has 0 aliphatic carbocycles. The van der Waals surface area contributed by atoms with Gasteiger partial charge >= 0.3 is 6.09 Å². The second kappa shape index (κ2) is 8.57. The van der Waals surface area contributed by atoms with Gasteiger partial charge in [0.25, 0.3) is 0 Å². The van der Waals surface area contributed by atoms with Crippen LogP contribution in [0.25, 0.3) is 16.5 Å². The Bertz CT molecular complexity index is 949. The van der Waals surface area contributed by atoms with E-state index in [-0.39, 0.29) is 12.3 Å². The van der Waals surface area contributed by atoms with Crippen LogP contribution >= 0.6 is 15.9 Å². The number of fused-ring (bicyclic) bond motifs is 1. The zero-order valence-corrected chi connectivity index (χ0v) is 19.0. The maximum absolute atomic E-state index is 12.7. The molecule has 1 fully saturated rings. The molecule has 0 spiro atoms. The van der Waals surface area contributed by atoms with E-state index in [1.54, 1.807) is 11.1 Å². The Morgan fingerprint density at radius 1 is 1.28 bits per heavy atom. The largest absolute Gasteiger partial charge is 0.444 e. The van der Waals surface area contributed by atoms with Gasteiger partial charge in [0.1, 0.15) is 11.8 Å². The molecular formula is C23H28BrN3O2. The Morgan fingerprint density at radius 3 is 2.66 bits per heavy atom. The van der Waals surface area contributed by atoms with Crippen molar-refractivity contribution < 1.29 is 9.53 Å². The lowest BCUT2D eigenvalue weighted by Gasteiger charge is -2.30. The summed E-state index contributed by atoms with van der Waals surface area (Å²) in [5.41, 5.74) is 1.30. The van der Waals surface area contributed by atoms with E-state index in [1.807, 2.05) is 26.8 Å². The molecule has 0 aromatic heterocycles. The molecule has 1 unspecified atom stereocenters. The van der Waals surface area contributed by atoms with Crippen LogP contribution < -0.4 is 5.32 Å². The van der Waals surface area contributed by atoms with Gasteiger partial charge in [0, 0.05) is 17.2 Å². The number of nitrogens with zero attached hydrogens (tertiary/aromatic N) is 2. The van der Waals surface area contributed by atoms with Gasteiger partial charge in [-0.1, -0.05) is 41.1 Å². The lowest BCUT2D eigenvalue weighted by molar-refractivity contribution is 0.0210. The molecule has 1 saturated heterocycles. The predicted octanol–water partition coefficient (Wildman–Crippen LogP) is 5.79. The number of ether oxygens (including phenoxy) is 1. The third kappa shape index (κ3) is 5.38. The van der Waals surface area contributed by atoms with Crippen LogP contribution in [0.4, 0.5) is 4.79 Å². The number of benzene rings is 2. The molecule has 1 aliphatic heterocycles. The summed E-state index contributed by atoms with van der Waals surface area (Å²) in [6.45, 7) is 12.1. The Balaban J connectivity index is 1.86. The lowest BCUT2D eigenvalue weighted by Crippen LogP contribution is -2.46. The van der Waals surface area contributed by atoms with Gasteiger partial charge in [-0.2, -0.15) is 0 Å². The highest BCUT2D eigenvalue weighted by Gasteiger charge is 2.36. The van der Waals surface area contributed by atoms with E-state index in [0.29, 0.717) is 12.5 Å². The van der Waals surface area contributed by atoms with Crippen molar-refractivity contribution in [1.82, 2.24) is 10.2 Å². The minimum absolute atomic E-state index is 0.159. The fraction of sp³-hybridized carbons (Fsp3) is 0.391. The minimum Gasteiger partial charge on any atom is -0.444 e. The number of rotatable bonds is 4. The Labute approximate surface area is 181 Å². The maximum atomic E-state index is 12.7. The summed E-state index contributed by atoms with van der Waals surface area (Å²) in [7, 11) is 0. The summed E-state index contributed by atoms with van der Waals surface area (Å²) >= 11 is 3.51. The molecule has 29 heavy (non-hydrogen) atoms. The van der Waals surface area contributed by atoms with Gasteiger partial charge in [0.2, 0.25) is 0 Å². The summed E-state index contributed by atoms with van der Waals surface area (Å²) in [5, 5.41) is 5.78. The van der Waals surface area contributed by atoms with E-state index >= 15 is 0 Å². The van der Waals surface area contributed by atoms with Gasteiger partial charge in [-0.15, -0.1) is 0 Å². The van der Waals surface area contributed by atoms with Crippen LogP contribution in [-0.4, -0.2) is 36.0 Å². The summed E-state index contributed by atoms with van der Waals surface area (Å²) < 4.78 is 6.65. The molecule has 1 amide bonds. The molecule has 1 N–H and O–H groups in total. The lowest BCUT2D eigenvalue weighted by atomic mass is 10.0. The molecule has 2 aromatic carbocycles. The number of amides is 1. The van der Waals surface area contributed by atoms with Crippen molar-refractivity contribution in [3.8, 4) is 0 Å². The highest BCUT2D eigenvalue weighted by atomic mass is 79.9. The summed E-state index contributed by atoms with van der Waals surface area (Å²) in [6, 6.07) is 12.4. The second-order valence-corrected chi connectivity index (χ2v) is 9.48. The Hall–Kier alpha value is -2.34. The highest BCUT2D eigenvalue weighted by molar-refractivity contribution is 9.10. The van der Waals surface area contributed by atoms with Crippen molar-refractivity contribution in [1.29, 1.82) is 0 Å². The normalized spacial score (nSPS) is 20.0. The van der Waals surface area contributed by atoms with Gasteiger partial charge in [0.05, 0.1) is 5.70 Å². The number of carbonyl (C=O) groups excluding carboxylic acids is 1. The molecule has 0 radical (unpaired) electrons. The van der Waals surface area contributed by atoms with E-state index in [4.69, 9.17) is 4.74 Å². The van der Waals surface area contributed by atoms with Crippen LogP contribution in [0.1, 0.15) is 39.7 Å². The molecule has 0 bridgehead atoms. The van der Waals surface area contributed by atoms with E-state index in [2.05, 4.69) is 70.2 Å². The van der Waals surface area contributed by atoms with E-state index in [0.717, 1.165) is 32.9 Å². The monoisotopic (exact) mass is 457 g/mol. The average molecular weight is 458 g/mol. The molecule has 5 nitrogen and oxygen atoms in total. The number of hydrogen-bond donors (Lipinski definition) is 1. The number of halogens is 1. The van der Waals surface area contributed by atoms with Crippen molar-refractivity contribution in [2.24, 2.45) is 10.9 Å². The van der Waals surface area contributed by atoms with Crippen LogP contribution in [0.3, 0.4) is 0 Å². The van der Waals surface area contributed by atoms with Gasteiger partial charge in [0.15, 0.2) is 0 Å². The molecule has 2 atom stereocenters. The first-order valence-electron chi connectivity index (χ1n) is 9.78. The quantitative estimate of drug-likeness (QED) is 0.590. The topological polar surface area (TPSA) is 53.9 Å². The van der Waals surface area contributed by atoms with Gasteiger partial charge < -0.3 is 10.1 Å². The van der Waals surface area contributed by atoms with Crippen LogP contribution in [0, 0.1) is 5.92 Å². The van der Waals surface area contributed by atoms with Gasteiger partial charge in [-0.05, 0) is 74.4 Å². The number of nitrogens with one attached hydrogen (secondary N) is 1. The Morgan fingerprint density at radius 2 is 1.97 bits per heavy atom. The third-order valence-electron chi connectivity index (χ3n) is 4.79. The highest BCUT2D eigenvalue weighted by Crippen LogP contribution is 2.28. The number of hydrogen-bond acceptors (Lipinski definition) is 4. The molecular weight excluding hydrogens is 430 g/mol. The average Bonchev–Trinajstić information content (AvgIpc) is 3.00. The van der Waals surface area contributed by atoms with Crippen molar-refractivity contribution in [3.05, 3.63) is 52.6 Å². The van der Waals surface area contributed by atoms with Crippen molar-refractivity contribution in [2.45, 2.75) is 45.9 Å². The first-order valence-corrected chi connectivity index (χ1v) is 10.6. The molecule has 2 aromatic rings. The Kier molecular flexibility index (Phi) is 6.32. The van der Waals surface area contributed by atoms with Crippen molar-refractivity contribution >= 4 is 45.2 Å². The minimum atomic E-state index is -0.526. The smallest absolute Gasteiger partial charge is 0.411 e. The molecule has 154 valence electrons. The number of aliphatic imine (C=N–C) groups is 1. The third-order valence-corrected chi connectivity index (χ3v) is 5.29. The molecule has 1 heterocycles.